The van der Waals surface area contributed by atoms with Gasteiger partial charge in [0.2, 0.25) is 5.91 Å². The largest absolute Gasteiger partial charge is 0.313 e. The third-order valence-corrected chi connectivity index (χ3v) is 4.43. The van der Waals surface area contributed by atoms with E-state index in [0.717, 1.165) is 5.69 Å². The van der Waals surface area contributed by atoms with Gasteiger partial charge in [-0.05, 0) is 37.5 Å². The molecule has 1 aliphatic rings. The van der Waals surface area contributed by atoms with Crippen molar-refractivity contribution < 1.29 is 4.79 Å². The van der Waals surface area contributed by atoms with E-state index >= 15 is 0 Å². The van der Waals surface area contributed by atoms with Gasteiger partial charge in [-0.2, -0.15) is 0 Å². The number of amides is 1. The molecule has 0 fully saturated rings. The molecule has 3 heteroatoms. The minimum Gasteiger partial charge on any atom is -0.313 e. The van der Waals surface area contributed by atoms with Gasteiger partial charge in [0, 0.05) is 11.9 Å². The summed E-state index contributed by atoms with van der Waals surface area (Å²) in [6.45, 7) is 8.35. The maximum atomic E-state index is 12.1. The monoisotopic (exact) mass is 249 g/mol. The molecule has 0 radical (unpaired) electrons. The lowest BCUT2D eigenvalue weighted by atomic mass is 10.0. The maximum absolute atomic E-state index is 12.1. The van der Waals surface area contributed by atoms with Crippen molar-refractivity contribution in [3.8, 4) is 0 Å². The first-order chi connectivity index (χ1) is 7.83. The summed E-state index contributed by atoms with van der Waals surface area (Å²) in [6, 6.07) is 6.40. The van der Waals surface area contributed by atoms with Crippen molar-refractivity contribution in [2.45, 2.75) is 43.3 Å². The van der Waals surface area contributed by atoms with E-state index in [0.29, 0.717) is 5.92 Å². The number of hydrogen-bond acceptors (Lipinski definition) is 2. The third kappa shape index (κ3) is 2.08. The Morgan fingerprint density at radius 1 is 1.29 bits per heavy atom. The number of nitrogens with zero attached hydrogens (tertiary/aromatic N) is 1. The predicted molar refractivity (Wildman–Crippen MR) is 73.9 cm³/mol. The van der Waals surface area contributed by atoms with Crippen molar-refractivity contribution in [3.05, 3.63) is 23.8 Å². The number of rotatable bonds is 1. The van der Waals surface area contributed by atoms with Gasteiger partial charge >= 0.3 is 0 Å². The van der Waals surface area contributed by atoms with E-state index in [-0.39, 0.29) is 10.7 Å². The highest BCUT2D eigenvalue weighted by molar-refractivity contribution is 8.01. The minimum atomic E-state index is -0.364. The molecule has 92 valence electrons. The van der Waals surface area contributed by atoms with Crippen molar-refractivity contribution in [2.75, 3.05) is 11.9 Å². The Bertz CT molecular complexity index is 465. The van der Waals surface area contributed by atoms with E-state index in [1.54, 1.807) is 16.7 Å². The van der Waals surface area contributed by atoms with E-state index in [1.165, 1.54) is 10.5 Å². The Hall–Kier alpha value is -0.960. The highest BCUT2D eigenvalue weighted by Crippen LogP contribution is 2.45. The Kier molecular flexibility index (Phi) is 2.98. The predicted octanol–water partition coefficient (Wildman–Crippen LogP) is 3.66. The first-order valence-corrected chi connectivity index (χ1v) is 6.75. The molecule has 2 rings (SSSR count). The quantitative estimate of drug-likeness (QED) is 0.757. The van der Waals surface area contributed by atoms with Gasteiger partial charge in [-0.1, -0.05) is 19.9 Å². The molecule has 0 spiro atoms. The van der Waals surface area contributed by atoms with Crippen molar-refractivity contribution in [3.63, 3.8) is 0 Å². The van der Waals surface area contributed by atoms with Crippen molar-refractivity contribution in [2.24, 2.45) is 0 Å². The summed E-state index contributed by atoms with van der Waals surface area (Å²) in [4.78, 5) is 15.1. The third-order valence-electron chi connectivity index (χ3n) is 3.20. The number of anilines is 1. The summed E-state index contributed by atoms with van der Waals surface area (Å²) >= 11 is 1.67. The lowest BCUT2D eigenvalue weighted by Gasteiger charge is -2.36. The van der Waals surface area contributed by atoms with E-state index in [4.69, 9.17) is 0 Å². The summed E-state index contributed by atoms with van der Waals surface area (Å²) in [5, 5.41) is 0. The van der Waals surface area contributed by atoms with Crippen LogP contribution >= 0.6 is 11.8 Å². The van der Waals surface area contributed by atoms with E-state index in [2.05, 4.69) is 32.0 Å². The summed E-state index contributed by atoms with van der Waals surface area (Å²) < 4.78 is -0.364. The van der Waals surface area contributed by atoms with Gasteiger partial charge in [0.15, 0.2) is 0 Å². The molecule has 0 unspecified atom stereocenters. The summed E-state index contributed by atoms with van der Waals surface area (Å²) in [6.07, 6.45) is 0. The van der Waals surface area contributed by atoms with Crippen LogP contribution in [0, 0.1) is 0 Å². The Labute approximate surface area is 107 Å². The molecule has 1 amide bonds. The van der Waals surface area contributed by atoms with Gasteiger partial charge in [0.1, 0.15) is 0 Å². The standard InChI is InChI=1S/C14H19NOS/c1-9(2)10-6-7-11-12(8-10)17-14(3,4)13(16)15(11)5/h6-9H,1-5H3. The van der Waals surface area contributed by atoms with Crippen LogP contribution < -0.4 is 4.90 Å². The van der Waals surface area contributed by atoms with Crippen molar-refractivity contribution >= 4 is 23.4 Å². The molecule has 1 aromatic carbocycles. The number of carbonyl (C=O) groups excluding carboxylic acids is 1. The summed E-state index contributed by atoms with van der Waals surface area (Å²) in [5.41, 5.74) is 2.36. The fourth-order valence-corrected chi connectivity index (χ4v) is 3.36. The van der Waals surface area contributed by atoms with Gasteiger partial charge < -0.3 is 4.90 Å². The minimum absolute atomic E-state index is 0.173. The van der Waals surface area contributed by atoms with E-state index in [9.17, 15) is 4.79 Å². The zero-order chi connectivity index (χ0) is 12.8. The molecule has 0 saturated carbocycles. The van der Waals surface area contributed by atoms with E-state index in [1.807, 2.05) is 20.9 Å². The van der Waals surface area contributed by atoms with E-state index < -0.39 is 0 Å². The first kappa shape index (κ1) is 12.5. The van der Waals surface area contributed by atoms with Crippen molar-refractivity contribution in [1.82, 2.24) is 0 Å². The molecule has 17 heavy (non-hydrogen) atoms. The summed E-state index contributed by atoms with van der Waals surface area (Å²) in [5.74, 6) is 0.694. The van der Waals surface area contributed by atoms with Gasteiger partial charge in [-0.15, -0.1) is 11.8 Å². The van der Waals surface area contributed by atoms with Crippen LogP contribution in [0.15, 0.2) is 23.1 Å². The second-order valence-corrected chi connectivity index (χ2v) is 7.02. The first-order valence-electron chi connectivity index (χ1n) is 5.94. The molecule has 2 nitrogen and oxygen atoms in total. The highest BCUT2D eigenvalue weighted by Gasteiger charge is 2.38. The Morgan fingerprint density at radius 2 is 1.94 bits per heavy atom. The summed E-state index contributed by atoms with van der Waals surface area (Å²) in [7, 11) is 1.86. The molecule has 1 heterocycles. The zero-order valence-corrected chi connectivity index (χ0v) is 11.9. The molecule has 0 aliphatic carbocycles. The molecule has 0 aromatic heterocycles. The van der Waals surface area contributed by atoms with Crippen LogP contribution in [-0.2, 0) is 4.79 Å². The number of carbonyl (C=O) groups is 1. The number of fused-ring (bicyclic) bond motifs is 1. The number of benzene rings is 1. The van der Waals surface area contributed by atoms with Gasteiger partial charge in [0.25, 0.3) is 0 Å². The van der Waals surface area contributed by atoms with Crippen LogP contribution in [0.5, 0.6) is 0 Å². The van der Waals surface area contributed by atoms with Crippen LogP contribution in [0.25, 0.3) is 0 Å². The van der Waals surface area contributed by atoms with Gasteiger partial charge in [0.05, 0.1) is 10.4 Å². The fraction of sp³-hybridized carbons (Fsp3) is 0.500. The maximum Gasteiger partial charge on any atom is 0.242 e. The molecule has 0 saturated heterocycles. The highest BCUT2D eigenvalue weighted by atomic mass is 32.2. The number of hydrogen-bond donors (Lipinski definition) is 0. The number of thioether (sulfide) groups is 1. The zero-order valence-electron chi connectivity index (χ0n) is 11.1. The Morgan fingerprint density at radius 3 is 2.53 bits per heavy atom. The second kappa shape index (κ2) is 4.05. The van der Waals surface area contributed by atoms with Crippen LogP contribution in [0.4, 0.5) is 5.69 Å². The van der Waals surface area contributed by atoms with Crippen molar-refractivity contribution in [1.29, 1.82) is 0 Å². The lowest BCUT2D eigenvalue weighted by molar-refractivity contribution is -0.120. The lowest BCUT2D eigenvalue weighted by Crippen LogP contribution is -2.44. The molecular formula is C14H19NOS. The van der Waals surface area contributed by atoms with Crippen LogP contribution in [0.1, 0.15) is 39.2 Å². The molecule has 1 aliphatic heterocycles. The van der Waals surface area contributed by atoms with Gasteiger partial charge in [-0.25, -0.2) is 0 Å². The SMILES string of the molecule is CC(C)c1ccc2c(c1)SC(C)(C)C(=O)N2C. The average Bonchev–Trinajstić information content (AvgIpc) is 2.25. The molecule has 0 bridgehead atoms. The van der Waals surface area contributed by atoms with Crippen LogP contribution in [-0.4, -0.2) is 17.7 Å². The smallest absolute Gasteiger partial charge is 0.242 e. The molecule has 0 atom stereocenters. The fourth-order valence-electron chi connectivity index (χ4n) is 2.08. The topological polar surface area (TPSA) is 20.3 Å². The second-order valence-electron chi connectivity index (χ2n) is 5.36. The average molecular weight is 249 g/mol. The Balaban J connectivity index is 2.50. The van der Waals surface area contributed by atoms with Gasteiger partial charge in [-0.3, -0.25) is 4.79 Å². The normalized spacial score (nSPS) is 18.5. The van der Waals surface area contributed by atoms with Crippen LogP contribution in [0.3, 0.4) is 0 Å². The molecule has 0 N–H and O–H groups in total. The molecular weight excluding hydrogens is 230 g/mol. The van der Waals surface area contributed by atoms with Crippen LogP contribution in [0.2, 0.25) is 0 Å². The molecule has 1 aromatic rings.